The van der Waals surface area contributed by atoms with Crippen molar-refractivity contribution in [2.24, 2.45) is 0 Å². The number of allylic oxidation sites excluding steroid dienone is 6. The number of hydrogen-bond donors (Lipinski definition) is 0. The number of carbonyl (C=O) groups excluding carboxylic acids is 3. The summed E-state index contributed by atoms with van der Waals surface area (Å²) >= 11 is 0. The first-order valence-electron chi connectivity index (χ1n) is 35.5. The number of esters is 3. The van der Waals surface area contributed by atoms with E-state index in [-0.39, 0.29) is 31.1 Å². The fraction of sp³-hybridized carbons (Fsp3) is 0.877. The SMILES string of the molecule is CCCCCCC/C=C\C/C=C\CCCCCCCCCCCCCCCCCCCCCCCC(=O)OCC(COC(=O)CCCCCCCCC)OC(=O)CCCCCCCCCCC/C=C\CCCCCCCCCC. The van der Waals surface area contributed by atoms with Gasteiger partial charge in [-0.15, -0.1) is 0 Å². The molecule has 0 bridgehead atoms. The first kappa shape index (κ1) is 76.6. The molecule has 464 valence electrons. The van der Waals surface area contributed by atoms with E-state index < -0.39 is 6.10 Å². The Hall–Kier alpha value is -2.37. The van der Waals surface area contributed by atoms with Crippen LogP contribution in [0.15, 0.2) is 36.5 Å². The molecule has 0 rings (SSSR count). The number of ether oxygens (including phenoxy) is 3. The van der Waals surface area contributed by atoms with Gasteiger partial charge in [-0.1, -0.05) is 333 Å². The van der Waals surface area contributed by atoms with Gasteiger partial charge in [0.15, 0.2) is 6.10 Å². The largest absolute Gasteiger partial charge is 0.462 e. The molecule has 0 radical (unpaired) electrons. The Kier molecular flexibility index (Phi) is 66.1. The Balaban J connectivity index is 3.97. The lowest BCUT2D eigenvalue weighted by molar-refractivity contribution is -0.167. The van der Waals surface area contributed by atoms with E-state index in [1.165, 1.54) is 289 Å². The van der Waals surface area contributed by atoms with Crippen molar-refractivity contribution in [2.75, 3.05) is 13.2 Å². The molecule has 1 atom stereocenters. The molecule has 0 heterocycles. The first-order chi connectivity index (χ1) is 39.0. The van der Waals surface area contributed by atoms with Crippen LogP contribution in [0.5, 0.6) is 0 Å². The Morgan fingerprint density at radius 2 is 0.456 bits per heavy atom. The van der Waals surface area contributed by atoms with Gasteiger partial charge >= 0.3 is 17.9 Å². The highest BCUT2D eigenvalue weighted by Crippen LogP contribution is 2.18. The molecule has 0 aromatic rings. The standard InChI is InChI=1S/C73H136O6/c1-4-7-10-13-16-18-20-22-24-26-28-30-31-32-33-34-35-36-37-38-39-40-41-43-44-46-48-50-52-54-57-60-63-66-72(75)78-69-70(68-77-71(74)65-62-59-56-15-12-9-6-3)79-73(76)67-64-61-58-55-53-51-49-47-45-42-29-27-25-23-21-19-17-14-11-8-5-2/h20,22,26-29,70H,4-19,21,23-25,30-69H2,1-3H3/b22-20-,28-26-,29-27-. The van der Waals surface area contributed by atoms with Crippen LogP contribution in [-0.2, 0) is 28.6 Å². The summed E-state index contributed by atoms with van der Waals surface area (Å²) in [7, 11) is 0. The van der Waals surface area contributed by atoms with E-state index in [0.717, 1.165) is 64.2 Å². The molecule has 0 aliphatic carbocycles. The summed E-state index contributed by atoms with van der Waals surface area (Å²) in [4.78, 5) is 38.1. The molecule has 0 saturated heterocycles. The average molecular weight is 1110 g/mol. The van der Waals surface area contributed by atoms with Crippen LogP contribution >= 0.6 is 0 Å². The molecule has 6 nitrogen and oxygen atoms in total. The van der Waals surface area contributed by atoms with Crippen LogP contribution in [0.2, 0.25) is 0 Å². The molecule has 0 saturated carbocycles. The predicted octanol–water partition coefficient (Wildman–Crippen LogP) is 24.3. The third kappa shape index (κ3) is 66.3. The molecule has 0 spiro atoms. The van der Waals surface area contributed by atoms with E-state index in [4.69, 9.17) is 14.2 Å². The molecule has 0 aromatic carbocycles. The zero-order chi connectivity index (χ0) is 57.1. The second kappa shape index (κ2) is 68.1. The maximum Gasteiger partial charge on any atom is 0.306 e. The van der Waals surface area contributed by atoms with Gasteiger partial charge in [0.25, 0.3) is 0 Å². The average Bonchev–Trinajstić information content (AvgIpc) is 3.45. The fourth-order valence-electron chi connectivity index (χ4n) is 10.8. The monoisotopic (exact) mass is 1110 g/mol. The molecule has 0 N–H and O–H groups in total. The van der Waals surface area contributed by atoms with Crippen LogP contribution in [0.25, 0.3) is 0 Å². The topological polar surface area (TPSA) is 78.9 Å². The molecule has 0 aliphatic heterocycles. The van der Waals surface area contributed by atoms with Gasteiger partial charge in [0.2, 0.25) is 0 Å². The Morgan fingerprint density at radius 1 is 0.253 bits per heavy atom. The number of unbranched alkanes of at least 4 members (excludes halogenated alkanes) is 49. The van der Waals surface area contributed by atoms with Crippen LogP contribution in [-0.4, -0.2) is 37.2 Å². The van der Waals surface area contributed by atoms with E-state index in [1.807, 2.05) is 0 Å². The normalized spacial score (nSPS) is 12.2. The third-order valence-electron chi connectivity index (χ3n) is 16.1. The van der Waals surface area contributed by atoms with Gasteiger partial charge in [-0.2, -0.15) is 0 Å². The number of carbonyl (C=O) groups is 3. The van der Waals surface area contributed by atoms with Gasteiger partial charge in [-0.05, 0) is 77.0 Å². The lowest BCUT2D eigenvalue weighted by Crippen LogP contribution is -2.30. The lowest BCUT2D eigenvalue weighted by atomic mass is 10.0. The maximum absolute atomic E-state index is 12.9. The minimum absolute atomic E-state index is 0.0674. The van der Waals surface area contributed by atoms with E-state index in [2.05, 4.69) is 57.2 Å². The summed E-state index contributed by atoms with van der Waals surface area (Å²) < 4.78 is 16.9. The summed E-state index contributed by atoms with van der Waals surface area (Å²) in [6, 6.07) is 0. The zero-order valence-electron chi connectivity index (χ0n) is 53.4. The molecule has 0 fully saturated rings. The molecule has 0 amide bonds. The number of hydrogen-bond acceptors (Lipinski definition) is 6. The fourth-order valence-corrected chi connectivity index (χ4v) is 10.8. The van der Waals surface area contributed by atoms with Crippen molar-refractivity contribution in [3.8, 4) is 0 Å². The molecule has 0 aliphatic rings. The maximum atomic E-state index is 12.9. The zero-order valence-corrected chi connectivity index (χ0v) is 53.4. The Morgan fingerprint density at radius 3 is 0.709 bits per heavy atom. The van der Waals surface area contributed by atoms with Crippen molar-refractivity contribution in [1.82, 2.24) is 0 Å². The second-order valence-electron chi connectivity index (χ2n) is 24.1. The summed E-state index contributed by atoms with van der Waals surface area (Å²) in [5.74, 6) is -0.851. The smallest absolute Gasteiger partial charge is 0.306 e. The molecule has 6 heteroatoms. The molecule has 1 unspecified atom stereocenters. The van der Waals surface area contributed by atoms with Crippen LogP contribution in [0.1, 0.15) is 393 Å². The van der Waals surface area contributed by atoms with Gasteiger partial charge in [0, 0.05) is 19.3 Å². The molecular formula is C73H136O6. The Labute approximate surface area is 493 Å². The predicted molar refractivity (Wildman–Crippen MR) is 344 cm³/mol. The Bertz CT molecular complexity index is 1320. The third-order valence-corrected chi connectivity index (χ3v) is 16.1. The van der Waals surface area contributed by atoms with E-state index in [0.29, 0.717) is 19.3 Å². The van der Waals surface area contributed by atoms with Crippen molar-refractivity contribution < 1.29 is 28.6 Å². The van der Waals surface area contributed by atoms with Gasteiger partial charge < -0.3 is 14.2 Å². The minimum atomic E-state index is -0.768. The van der Waals surface area contributed by atoms with E-state index in [1.54, 1.807) is 0 Å². The highest BCUT2D eigenvalue weighted by molar-refractivity contribution is 5.71. The van der Waals surface area contributed by atoms with Gasteiger partial charge in [-0.3, -0.25) is 14.4 Å². The minimum Gasteiger partial charge on any atom is -0.462 e. The highest BCUT2D eigenvalue weighted by Gasteiger charge is 2.19. The van der Waals surface area contributed by atoms with Crippen molar-refractivity contribution in [1.29, 1.82) is 0 Å². The van der Waals surface area contributed by atoms with Crippen molar-refractivity contribution in [3.63, 3.8) is 0 Å². The summed E-state index contributed by atoms with van der Waals surface area (Å²) in [5.41, 5.74) is 0. The van der Waals surface area contributed by atoms with Crippen molar-refractivity contribution in [3.05, 3.63) is 36.5 Å². The molecular weight excluding hydrogens is 973 g/mol. The highest BCUT2D eigenvalue weighted by atomic mass is 16.6. The molecule has 0 aromatic heterocycles. The van der Waals surface area contributed by atoms with Crippen LogP contribution in [0.3, 0.4) is 0 Å². The van der Waals surface area contributed by atoms with Crippen LogP contribution < -0.4 is 0 Å². The van der Waals surface area contributed by atoms with Gasteiger partial charge in [-0.25, -0.2) is 0 Å². The number of rotatable bonds is 66. The van der Waals surface area contributed by atoms with E-state index >= 15 is 0 Å². The van der Waals surface area contributed by atoms with Crippen molar-refractivity contribution >= 4 is 17.9 Å². The van der Waals surface area contributed by atoms with Gasteiger partial charge in [0.05, 0.1) is 0 Å². The van der Waals surface area contributed by atoms with Crippen molar-refractivity contribution in [2.45, 2.75) is 399 Å². The van der Waals surface area contributed by atoms with E-state index in [9.17, 15) is 14.4 Å². The molecule has 79 heavy (non-hydrogen) atoms. The summed E-state index contributed by atoms with van der Waals surface area (Å²) in [6.07, 6.45) is 85.0. The second-order valence-corrected chi connectivity index (χ2v) is 24.1. The summed E-state index contributed by atoms with van der Waals surface area (Å²) in [6.45, 7) is 6.65. The lowest BCUT2D eigenvalue weighted by Gasteiger charge is -2.18. The van der Waals surface area contributed by atoms with Gasteiger partial charge in [0.1, 0.15) is 13.2 Å². The van der Waals surface area contributed by atoms with Crippen LogP contribution in [0, 0.1) is 0 Å². The summed E-state index contributed by atoms with van der Waals surface area (Å²) in [5, 5.41) is 0. The van der Waals surface area contributed by atoms with Crippen LogP contribution in [0.4, 0.5) is 0 Å². The quantitative estimate of drug-likeness (QED) is 0.0261. The first-order valence-corrected chi connectivity index (χ1v) is 35.5.